The van der Waals surface area contributed by atoms with Crippen molar-refractivity contribution >= 4 is 22.4 Å². The van der Waals surface area contributed by atoms with Crippen LogP contribution < -0.4 is 5.56 Å². The van der Waals surface area contributed by atoms with E-state index >= 15 is 0 Å². The second-order valence-electron chi connectivity index (χ2n) is 7.43. The van der Waals surface area contributed by atoms with Gasteiger partial charge in [0.05, 0.1) is 17.1 Å². The highest BCUT2D eigenvalue weighted by Crippen LogP contribution is 2.23. The van der Waals surface area contributed by atoms with Crippen LogP contribution in [0.1, 0.15) is 36.6 Å². The molecule has 0 aliphatic carbocycles. The van der Waals surface area contributed by atoms with E-state index in [9.17, 15) is 4.79 Å². The van der Waals surface area contributed by atoms with Gasteiger partial charge in [0, 0.05) is 16.8 Å². The van der Waals surface area contributed by atoms with Gasteiger partial charge in [0.1, 0.15) is 0 Å². The van der Waals surface area contributed by atoms with E-state index in [1.54, 1.807) is 4.68 Å². The fourth-order valence-electron chi connectivity index (χ4n) is 3.91. The van der Waals surface area contributed by atoms with Gasteiger partial charge in [-0.25, -0.2) is 4.68 Å². The molecule has 0 radical (unpaired) electrons. The van der Waals surface area contributed by atoms with E-state index in [1.807, 2.05) is 48.5 Å². The molecule has 1 unspecified atom stereocenters. The molecule has 1 aliphatic heterocycles. The smallest absolute Gasteiger partial charge is 0.274 e. The van der Waals surface area contributed by atoms with Crippen LogP contribution in [-0.4, -0.2) is 40.3 Å². The molecule has 4 rings (SSSR count). The van der Waals surface area contributed by atoms with Gasteiger partial charge in [0.2, 0.25) is 0 Å². The first kappa shape index (κ1) is 20.5. The molecule has 1 atom stereocenters. The molecule has 6 heteroatoms. The zero-order chi connectivity index (χ0) is 18.8. The van der Waals surface area contributed by atoms with Crippen LogP contribution in [0.15, 0.2) is 53.3 Å². The Morgan fingerprint density at radius 3 is 2.50 bits per heavy atom. The first-order valence-electron chi connectivity index (χ1n) is 9.55. The summed E-state index contributed by atoms with van der Waals surface area (Å²) >= 11 is 6.02. The highest BCUT2D eigenvalue weighted by atomic mass is 35.5. The lowest BCUT2D eigenvalue weighted by atomic mass is 10.0. The molecule has 1 fully saturated rings. The second-order valence-corrected chi connectivity index (χ2v) is 7.87. The van der Waals surface area contributed by atoms with Crippen LogP contribution in [0.3, 0.4) is 0 Å². The number of aromatic nitrogens is 2. The predicted octanol–water partition coefficient (Wildman–Crippen LogP) is 3.47. The number of halogens is 1. The molecule has 2 heterocycles. The summed E-state index contributed by atoms with van der Waals surface area (Å²) in [6.07, 6.45) is 3.73. The highest BCUT2D eigenvalue weighted by molar-refractivity contribution is 6.30. The van der Waals surface area contributed by atoms with Gasteiger partial charge in [-0.2, -0.15) is 5.10 Å². The summed E-state index contributed by atoms with van der Waals surface area (Å²) in [6.45, 7) is 2.08. The minimum Gasteiger partial charge on any atom is -0.412 e. The summed E-state index contributed by atoms with van der Waals surface area (Å²) in [4.78, 5) is 15.5. The maximum atomic E-state index is 13.1. The molecule has 1 saturated heterocycles. The van der Waals surface area contributed by atoms with Crippen molar-refractivity contribution in [3.8, 4) is 0 Å². The van der Waals surface area contributed by atoms with E-state index in [4.69, 9.17) is 16.7 Å². The third-order valence-corrected chi connectivity index (χ3v) is 5.71. The lowest BCUT2D eigenvalue weighted by Gasteiger charge is -2.19. The summed E-state index contributed by atoms with van der Waals surface area (Å²) in [7, 11) is 2.14. The Morgan fingerprint density at radius 1 is 1.04 bits per heavy atom. The molecular formula is C22H26ClN3O2. The summed E-state index contributed by atoms with van der Waals surface area (Å²) in [5, 5.41) is 7.29. The third-order valence-electron chi connectivity index (χ3n) is 5.46. The van der Waals surface area contributed by atoms with Crippen molar-refractivity contribution in [1.29, 1.82) is 0 Å². The molecule has 1 aromatic heterocycles. The molecule has 0 spiro atoms. The molecule has 3 aromatic rings. The zero-order valence-corrected chi connectivity index (χ0v) is 16.8. The minimum absolute atomic E-state index is 0. The first-order chi connectivity index (χ1) is 13.1. The van der Waals surface area contributed by atoms with Gasteiger partial charge in [-0.05, 0) is 63.2 Å². The highest BCUT2D eigenvalue weighted by Gasteiger charge is 2.21. The number of nitrogens with zero attached hydrogens (tertiary/aromatic N) is 3. The molecule has 0 amide bonds. The van der Waals surface area contributed by atoms with Crippen LogP contribution >= 0.6 is 11.6 Å². The van der Waals surface area contributed by atoms with Crippen LogP contribution in [0.4, 0.5) is 0 Å². The van der Waals surface area contributed by atoms with Crippen molar-refractivity contribution in [1.82, 2.24) is 14.7 Å². The maximum absolute atomic E-state index is 13.1. The molecule has 0 saturated carbocycles. The zero-order valence-electron chi connectivity index (χ0n) is 16.1. The fourth-order valence-corrected chi connectivity index (χ4v) is 4.04. The van der Waals surface area contributed by atoms with Crippen LogP contribution in [-0.2, 0) is 6.42 Å². The van der Waals surface area contributed by atoms with E-state index < -0.39 is 0 Å². The van der Waals surface area contributed by atoms with E-state index in [2.05, 4.69) is 11.9 Å². The lowest BCUT2D eigenvalue weighted by molar-refractivity contribution is 0.334. The number of hydrogen-bond donors (Lipinski definition) is 0. The van der Waals surface area contributed by atoms with Crippen LogP contribution in [0.5, 0.6) is 0 Å². The topological polar surface area (TPSA) is 69.6 Å². The Balaban J connectivity index is 0.00000225. The van der Waals surface area contributed by atoms with E-state index in [1.165, 1.54) is 0 Å². The van der Waals surface area contributed by atoms with Gasteiger partial charge in [0.25, 0.3) is 5.56 Å². The van der Waals surface area contributed by atoms with Crippen molar-refractivity contribution in [2.75, 3.05) is 20.1 Å². The second kappa shape index (κ2) is 8.86. The SMILES string of the molecule is CN1CCCC(n2nc(Cc3ccc(Cl)cc3)c3ccccc3c2=O)CC1.O. The van der Waals surface area contributed by atoms with Crippen LogP contribution in [0, 0.1) is 0 Å². The Morgan fingerprint density at radius 2 is 1.75 bits per heavy atom. The molecule has 2 N–H and O–H groups in total. The van der Waals surface area contributed by atoms with E-state index in [0.29, 0.717) is 6.42 Å². The predicted molar refractivity (Wildman–Crippen MR) is 114 cm³/mol. The maximum Gasteiger partial charge on any atom is 0.274 e. The fraction of sp³-hybridized carbons (Fsp3) is 0.364. The summed E-state index contributed by atoms with van der Waals surface area (Å²) < 4.78 is 1.76. The number of rotatable bonds is 3. The minimum atomic E-state index is 0. The number of fused-ring (bicyclic) bond motifs is 1. The lowest BCUT2D eigenvalue weighted by Crippen LogP contribution is -2.29. The van der Waals surface area contributed by atoms with E-state index in [-0.39, 0.29) is 17.1 Å². The van der Waals surface area contributed by atoms with Gasteiger partial charge in [-0.1, -0.05) is 41.9 Å². The quantitative estimate of drug-likeness (QED) is 0.677. The number of likely N-dealkylation sites (tertiary alicyclic amines) is 1. The monoisotopic (exact) mass is 399 g/mol. The van der Waals surface area contributed by atoms with Gasteiger partial charge in [-0.3, -0.25) is 4.79 Å². The molecule has 2 aromatic carbocycles. The van der Waals surface area contributed by atoms with Gasteiger partial charge in [-0.15, -0.1) is 0 Å². The van der Waals surface area contributed by atoms with Gasteiger partial charge < -0.3 is 10.4 Å². The third kappa shape index (κ3) is 4.27. The molecule has 5 nitrogen and oxygen atoms in total. The number of hydrogen-bond acceptors (Lipinski definition) is 3. The van der Waals surface area contributed by atoms with E-state index in [0.717, 1.165) is 59.4 Å². The molecule has 148 valence electrons. The summed E-state index contributed by atoms with van der Waals surface area (Å²) in [5.41, 5.74) is 2.12. The van der Waals surface area contributed by atoms with Crippen molar-refractivity contribution < 1.29 is 5.48 Å². The first-order valence-corrected chi connectivity index (χ1v) is 9.93. The van der Waals surface area contributed by atoms with Crippen molar-refractivity contribution in [2.45, 2.75) is 31.7 Å². The Bertz CT molecular complexity index is 1000. The van der Waals surface area contributed by atoms with Crippen LogP contribution in [0.2, 0.25) is 5.02 Å². The normalized spacial score (nSPS) is 17.9. The average Bonchev–Trinajstić information content (AvgIpc) is 2.90. The van der Waals surface area contributed by atoms with Gasteiger partial charge in [0.15, 0.2) is 0 Å². The molecule has 1 aliphatic rings. The molecular weight excluding hydrogens is 374 g/mol. The van der Waals surface area contributed by atoms with Gasteiger partial charge >= 0.3 is 0 Å². The molecule has 28 heavy (non-hydrogen) atoms. The Labute approximate surface area is 169 Å². The summed E-state index contributed by atoms with van der Waals surface area (Å²) in [6, 6.07) is 15.8. The van der Waals surface area contributed by atoms with Crippen molar-refractivity contribution in [2.24, 2.45) is 0 Å². The average molecular weight is 400 g/mol. The Kier molecular flexibility index (Phi) is 6.50. The van der Waals surface area contributed by atoms with Crippen molar-refractivity contribution in [3.63, 3.8) is 0 Å². The Hall–Kier alpha value is -2.21. The van der Waals surface area contributed by atoms with Crippen molar-refractivity contribution in [3.05, 3.63) is 75.2 Å². The summed E-state index contributed by atoms with van der Waals surface area (Å²) in [5.74, 6) is 0. The molecule has 0 bridgehead atoms. The largest absolute Gasteiger partial charge is 0.412 e. The standard InChI is InChI=1S/C22H24ClN3O.H2O/c1-25-13-4-5-18(12-14-25)26-22(27)20-7-3-2-6-19(20)21(24-26)15-16-8-10-17(23)11-9-16;/h2-3,6-11,18H,4-5,12-15H2,1H3;1H2. The van der Waals surface area contributed by atoms with Crippen LogP contribution in [0.25, 0.3) is 10.8 Å². The number of benzene rings is 2.